The molecule has 2 rings (SSSR count). The lowest BCUT2D eigenvalue weighted by Crippen LogP contribution is -2.13. The van der Waals surface area contributed by atoms with Crippen molar-refractivity contribution in [1.82, 2.24) is 4.98 Å². The van der Waals surface area contributed by atoms with Crippen LogP contribution in [0.3, 0.4) is 0 Å². The number of nitrogens with one attached hydrogen (secondary N) is 1. The Labute approximate surface area is 128 Å². The topological polar surface area (TPSA) is 94.4 Å². The highest BCUT2D eigenvalue weighted by Crippen LogP contribution is 2.31. The summed E-state index contributed by atoms with van der Waals surface area (Å²) in [7, 11) is 1.27. The second-order valence-electron chi connectivity index (χ2n) is 3.85. The summed E-state index contributed by atoms with van der Waals surface area (Å²) in [5, 5.41) is 15.6. The minimum Gasteiger partial charge on any atom is -0.490 e. The molecule has 0 atom stereocenters. The Morgan fingerprint density at radius 2 is 2.33 bits per heavy atom. The van der Waals surface area contributed by atoms with Crippen LogP contribution in [0.2, 0.25) is 0 Å². The van der Waals surface area contributed by atoms with Gasteiger partial charge in [-0.2, -0.15) is 0 Å². The molecule has 21 heavy (non-hydrogen) atoms. The van der Waals surface area contributed by atoms with Gasteiger partial charge in [0.25, 0.3) is 5.91 Å². The predicted molar refractivity (Wildman–Crippen MR) is 79.3 cm³/mol. The average molecular weight is 328 g/mol. The van der Waals surface area contributed by atoms with E-state index in [0.717, 1.165) is 0 Å². The first-order valence-electron chi connectivity index (χ1n) is 5.70. The Kier molecular flexibility index (Phi) is 4.71. The van der Waals surface area contributed by atoms with Crippen LogP contribution in [-0.2, 0) is 5.88 Å². The number of alkyl halides is 1. The number of benzene rings is 1. The van der Waals surface area contributed by atoms with E-state index in [2.05, 4.69) is 10.3 Å². The molecular formula is C12H10ClN3O4S. The summed E-state index contributed by atoms with van der Waals surface area (Å²) in [6.45, 7) is 0. The zero-order chi connectivity index (χ0) is 15.4. The van der Waals surface area contributed by atoms with Crippen LogP contribution in [0.5, 0.6) is 5.75 Å². The molecule has 0 aliphatic rings. The van der Waals surface area contributed by atoms with Crippen molar-refractivity contribution in [2.24, 2.45) is 0 Å². The second kappa shape index (κ2) is 6.51. The van der Waals surface area contributed by atoms with E-state index in [1.165, 1.54) is 36.6 Å². The number of carbonyl (C=O) groups excluding carboxylic acids is 1. The van der Waals surface area contributed by atoms with E-state index in [0.29, 0.717) is 10.8 Å². The molecule has 1 amide bonds. The van der Waals surface area contributed by atoms with Crippen LogP contribution in [0.15, 0.2) is 23.6 Å². The van der Waals surface area contributed by atoms with E-state index in [1.54, 1.807) is 5.38 Å². The van der Waals surface area contributed by atoms with Crippen LogP contribution < -0.4 is 10.1 Å². The number of halogens is 1. The van der Waals surface area contributed by atoms with Crippen LogP contribution in [0.1, 0.15) is 16.1 Å². The number of para-hydroxylation sites is 1. The van der Waals surface area contributed by atoms with Crippen LogP contribution in [0, 0.1) is 10.1 Å². The van der Waals surface area contributed by atoms with E-state index in [9.17, 15) is 14.9 Å². The number of nitro benzene ring substituents is 1. The number of carbonyl (C=O) groups is 1. The van der Waals surface area contributed by atoms with Gasteiger partial charge in [0.1, 0.15) is 0 Å². The van der Waals surface area contributed by atoms with Gasteiger partial charge in [0.05, 0.1) is 29.2 Å². The fraction of sp³-hybridized carbons (Fsp3) is 0.167. The van der Waals surface area contributed by atoms with E-state index < -0.39 is 10.8 Å². The third-order valence-corrected chi connectivity index (χ3v) is 3.63. The average Bonchev–Trinajstić information content (AvgIpc) is 2.93. The Morgan fingerprint density at radius 1 is 1.57 bits per heavy atom. The molecule has 1 aromatic heterocycles. The number of methoxy groups -OCH3 is 1. The van der Waals surface area contributed by atoms with E-state index in [-0.39, 0.29) is 22.9 Å². The summed E-state index contributed by atoms with van der Waals surface area (Å²) in [5.41, 5.74) is 0.433. The molecule has 1 heterocycles. The number of aromatic nitrogens is 1. The van der Waals surface area contributed by atoms with Crippen LogP contribution >= 0.6 is 22.9 Å². The van der Waals surface area contributed by atoms with Gasteiger partial charge in [0.2, 0.25) is 5.75 Å². The molecule has 0 unspecified atom stereocenters. The normalized spacial score (nSPS) is 10.2. The number of ether oxygens (including phenoxy) is 1. The number of rotatable bonds is 5. The molecule has 0 radical (unpaired) electrons. The fourth-order valence-electron chi connectivity index (χ4n) is 1.65. The standard InChI is InChI=1S/C12H10ClN3O4S/c1-20-10-8(3-2-4-9(10)16(18)19)11(17)15-12-14-7(5-13)6-21-12/h2-4,6H,5H2,1H3,(H,14,15,17). The number of anilines is 1. The third-order valence-electron chi connectivity index (χ3n) is 2.55. The van der Waals surface area contributed by atoms with Gasteiger partial charge in [0.15, 0.2) is 5.13 Å². The van der Waals surface area contributed by atoms with Crippen molar-refractivity contribution in [3.05, 3.63) is 45.0 Å². The number of thiazole rings is 1. The molecular weight excluding hydrogens is 318 g/mol. The lowest BCUT2D eigenvalue weighted by molar-refractivity contribution is -0.385. The van der Waals surface area contributed by atoms with Crippen molar-refractivity contribution in [2.45, 2.75) is 5.88 Å². The van der Waals surface area contributed by atoms with Gasteiger partial charge in [-0.25, -0.2) is 4.98 Å². The smallest absolute Gasteiger partial charge is 0.311 e. The monoisotopic (exact) mass is 327 g/mol. The SMILES string of the molecule is COc1c(C(=O)Nc2nc(CCl)cs2)cccc1[N+](=O)[O-]. The first-order valence-corrected chi connectivity index (χ1v) is 7.11. The summed E-state index contributed by atoms with van der Waals surface area (Å²) < 4.78 is 4.98. The summed E-state index contributed by atoms with van der Waals surface area (Å²) in [4.78, 5) is 26.6. The number of nitrogens with zero attached hydrogens (tertiary/aromatic N) is 2. The summed E-state index contributed by atoms with van der Waals surface area (Å²) >= 11 is 6.85. The molecule has 0 saturated carbocycles. The van der Waals surface area contributed by atoms with Crippen molar-refractivity contribution in [1.29, 1.82) is 0 Å². The molecule has 110 valence electrons. The van der Waals surface area contributed by atoms with E-state index >= 15 is 0 Å². The minimum atomic E-state index is -0.607. The fourth-order valence-corrected chi connectivity index (χ4v) is 2.59. The van der Waals surface area contributed by atoms with Crippen molar-refractivity contribution in [3.8, 4) is 5.75 Å². The zero-order valence-electron chi connectivity index (χ0n) is 10.8. The van der Waals surface area contributed by atoms with Crippen molar-refractivity contribution in [2.75, 3.05) is 12.4 Å². The van der Waals surface area contributed by atoms with E-state index in [1.807, 2.05) is 0 Å². The number of nitro groups is 1. The summed E-state index contributed by atoms with van der Waals surface area (Å²) in [6.07, 6.45) is 0. The second-order valence-corrected chi connectivity index (χ2v) is 4.97. The molecule has 1 aromatic carbocycles. The van der Waals surface area contributed by atoms with Crippen LogP contribution in [0.4, 0.5) is 10.8 Å². The van der Waals surface area contributed by atoms with Gasteiger partial charge < -0.3 is 4.74 Å². The molecule has 0 bridgehead atoms. The molecule has 0 fully saturated rings. The van der Waals surface area contributed by atoms with Gasteiger partial charge >= 0.3 is 5.69 Å². The molecule has 0 spiro atoms. The number of hydrogen-bond acceptors (Lipinski definition) is 6. The van der Waals surface area contributed by atoms with Gasteiger partial charge in [-0.3, -0.25) is 20.2 Å². The number of amides is 1. The van der Waals surface area contributed by atoms with Gasteiger partial charge in [-0.05, 0) is 6.07 Å². The van der Waals surface area contributed by atoms with Crippen molar-refractivity contribution in [3.63, 3.8) is 0 Å². The maximum Gasteiger partial charge on any atom is 0.311 e. The predicted octanol–water partition coefficient (Wildman–Crippen LogP) is 3.05. The quantitative estimate of drug-likeness (QED) is 0.517. The van der Waals surface area contributed by atoms with Crippen LogP contribution in [0.25, 0.3) is 0 Å². The van der Waals surface area contributed by atoms with Crippen molar-refractivity contribution < 1.29 is 14.5 Å². The largest absolute Gasteiger partial charge is 0.490 e. The Balaban J connectivity index is 2.30. The number of hydrogen-bond donors (Lipinski definition) is 1. The molecule has 2 aromatic rings. The third kappa shape index (κ3) is 3.29. The summed E-state index contributed by atoms with van der Waals surface area (Å²) in [5.74, 6) is -0.382. The molecule has 9 heteroatoms. The van der Waals surface area contributed by atoms with Crippen LogP contribution in [-0.4, -0.2) is 22.9 Å². The lowest BCUT2D eigenvalue weighted by Gasteiger charge is -2.07. The Bertz CT molecular complexity index is 689. The molecule has 0 saturated heterocycles. The van der Waals surface area contributed by atoms with Gasteiger partial charge in [-0.1, -0.05) is 6.07 Å². The molecule has 7 nitrogen and oxygen atoms in total. The zero-order valence-corrected chi connectivity index (χ0v) is 12.4. The Morgan fingerprint density at radius 3 is 2.90 bits per heavy atom. The highest BCUT2D eigenvalue weighted by atomic mass is 35.5. The summed E-state index contributed by atoms with van der Waals surface area (Å²) in [6, 6.07) is 4.13. The van der Waals surface area contributed by atoms with Crippen molar-refractivity contribution >= 4 is 39.7 Å². The minimum absolute atomic E-state index is 0.0642. The molecule has 0 aliphatic carbocycles. The molecule has 1 N–H and O–H groups in total. The van der Waals surface area contributed by atoms with E-state index in [4.69, 9.17) is 16.3 Å². The van der Waals surface area contributed by atoms with Gasteiger partial charge in [0, 0.05) is 11.4 Å². The maximum atomic E-state index is 12.2. The highest BCUT2D eigenvalue weighted by molar-refractivity contribution is 7.14. The molecule has 0 aliphatic heterocycles. The lowest BCUT2D eigenvalue weighted by atomic mass is 10.1. The highest BCUT2D eigenvalue weighted by Gasteiger charge is 2.23. The maximum absolute atomic E-state index is 12.2. The first-order chi connectivity index (χ1) is 10.1. The van der Waals surface area contributed by atoms with Gasteiger partial charge in [-0.15, -0.1) is 22.9 Å². The Hall–Kier alpha value is -2.19. The first kappa shape index (κ1) is 15.2.